The van der Waals surface area contributed by atoms with Gasteiger partial charge in [0.05, 0.1) is 0 Å². The molecule has 1 atom stereocenters. The highest BCUT2D eigenvalue weighted by Gasteiger charge is 2.19. The van der Waals surface area contributed by atoms with E-state index in [9.17, 15) is 14.4 Å². The second-order valence-electron chi connectivity index (χ2n) is 20.4. The summed E-state index contributed by atoms with van der Waals surface area (Å²) in [6, 6.07) is 0. The van der Waals surface area contributed by atoms with Crippen molar-refractivity contribution in [1.29, 1.82) is 0 Å². The normalized spacial score (nSPS) is 12.0. The first-order chi connectivity index (χ1) is 31.4. The minimum absolute atomic E-state index is 0.0618. The maximum absolute atomic E-state index is 12.8. The Kier molecular flexibility index (Phi) is 51.1. The average Bonchev–Trinajstić information content (AvgIpc) is 3.28. The van der Waals surface area contributed by atoms with E-state index in [1.165, 1.54) is 225 Å². The summed E-state index contributed by atoms with van der Waals surface area (Å²) in [6.45, 7) is 9.07. The van der Waals surface area contributed by atoms with Gasteiger partial charge in [-0.2, -0.15) is 0 Å². The molecule has 0 aromatic carbocycles. The molecule has 380 valence electrons. The van der Waals surface area contributed by atoms with Gasteiger partial charge < -0.3 is 14.2 Å². The quantitative estimate of drug-likeness (QED) is 0.0344. The molecule has 6 heteroatoms. The SMILES string of the molecule is CCCCCCCCCCCCCCCCCC(=O)O[C@@H](COC(=O)CCCCCCCCCCCCCCC)COC(=O)CCCCCCCCCCCCCCCCCC(C)C. The van der Waals surface area contributed by atoms with Crippen molar-refractivity contribution in [2.45, 2.75) is 336 Å². The van der Waals surface area contributed by atoms with Crippen LogP contribution in [0.4, 0.5) is 0 Å². The van der Waals surface area contributed by atoms with E-state index < -0.39 is 6.10 Å². The zero-order valence-corrected chi connectivity index (χ0v) is 43.8. The Morgan fingerprint density at radius 3 is 0.766 bits per heavy atom. The fourth-order valence-corrected chi connectivity index (χ4v) is 8.92. The molecule has 0 saturated carbocycles. The maximum Gasteiger partial charge on any atom is 0.306 e. The number of hydrogen-bond acceptors (Lipinski definition) is 6. The van der Waals surface area contributed by atoms with Crippen LogP contribution in [0, 0.1) is 5.92 Å². The molecular weight excluding hydrogens is 793 g/mol. The van der Waals surface area contributed by atoms with Crippen LogP contribution in [0.2, 0.25) is 0 Å². The van der Waals surface area contributed by atoms with Crippen LogP contribution >= 0.6 is 0 Å². The molecule has 0 aliphatic rings. The number of ether oxygens (including phenoxy) is 3. The molecule has 0 radical (unpaired) electrons. The van der Waals surface area contributed by atoms with E-state index in [-0.39, 0.29) is 31.1 Å². The third-order valence-corrected chi connectivity index (χ3v) is 13.3. The number of carbonyl (C=O) groups excluding carboxylic acids is 3. The van der Waals surface area contributed by atoms with Crippen molar-refractivity contribution in [1.82, 2.24) is 0 Å². The summed E-state index contributed by atoms with van der Waals surface area (Å²) in [4.78, 5) is 38.1. The smallest absolute Gasteiger partial charge is 0.306 e. The number of carbonyl (C=O) groups is 3. The number of unbranched alkanes of at least 4 members (excludes halogenated alkanes) is 40. The van der Waals surface area contributed by atoms with Gasteiger partial charge in [-0.15, -0.1) is 0 Å². The summed E-state index contributed by atoms with van der Waals surface area (Å²) in [7, 11) is 0. The van der Waals surface area contributed by atoms with Crippen LogP contribution < -0.4 is 0 Å². The van der Waals surface area contributed by atoms with Gasteiger partial charge in [-0.25, -0.2) is 0 Å². The second kappa shape index (κ2) is 52.4. The Labute approximate surface area is 399 Å². The first-order valence-electron chi connectivity index (χ1n) is 28.9. The maximum atomic E-state index is 12.8. The Balaban J connectivity index is 4.28. The van der Waals surface area contributed by atoms with E-state index >= 15 is 0 Å². The lowest BCUT2D eigenvalue weighted by atomic mass is 10.0. The van der Waals surface area contributed by atoms with Crippen molar-refractivity contribution in [3.63, 3.8) is 0 Å². The Morgan fingerprint density at radius 1 is 0.297 bits per heavy atom. The van der Waals surface area contributed by atoms with Gasteiger partial charge in [-0.05, 0) is 25.2 Å². The van der Waals surface area contributed by atoms with Crippen molar-refractivity contribution in [3.8, 4) is 0 Å². The topological polar surface area (TPSA) is 78.9 Å². The fourth-order valence-electron chi connectivity index (χ4n) is 8.92. The predicted molar refractivity (Wildman–Crippen MR) is 275 cm³/mol. The first-order valence-corrected chi connectivity index (χ1v) is 28.9. The Morgan fingerprint density at radius 2 is 0.516 bits per heavy atom. The lowest BCUT2D eigenvalue weighted by molar-refractivity contribution is -0.167. The molecule has 0 aromatic rings. The molecule has 0 rings (SSSR count). The molecule has 0 spiro atoms. The van der Waals surface area contributed by atoms with E-state index in [0.717, 1.165) is 63.7 Å². The van der Waals surface area contributed by atoms with Gasteiger partial charge in [0.2, 0.25) is 0 Å². The van der Waals surface area contributed by atoms with Crippen molar-refractivity contribution >= 4 is 17.9 Å². The molecule has 6 nitrogen and oxygen atoms in total. The highest BCUT2D eigenvalue weighted by atomic mass is 16.6. The number of hydrogen-bond donors (Lipinski definition) is 0. The van der Waals surface area contributed by atoms with E-state index in [2.05, 4.69) is 27.7 Å². The molecule has 0 unspecified atom stereocenters. The second-order valence-corrected chi connectivity index (χ2v) is 20.4. The minimum atomic E-state index is -0.761. The van der Waals surface area contributed by atoms with Gasteiger partial charge in [-0.1, -0.05) is 291 Å². The van der Waals surface area contributed by atoms with Gasteiger partial charge >= 0.3 is 17.9 Å². The van der Waals surface area contributed by atoms with Gasteiger partial charge in [0.25, 0.3) is 0 Å². The summed E-state index contributed by atoms with van der Waals surface area (Å²) in [5.41, 5.74) is 0. The van der Waals surface area contributed by atoms with Gasteiger partial charge in [-0.3, -0.25) is 14.4 Å². The van der Waals surface area contributed by atoms with Crippen LogP contribution in [0.3, 0.4) is 0 Å². The van der Waals surface area contributed by atoms with Crippen LogP contribution in [0.1, 0.15) is 329 Å². The average molecular weight is 906 g/mol. The monoisotopic (exact) mass is 905 g/mol. The highest BCUT2D eigenvalue weighted by molar-refractivity contribution is 5.71. The molecular formula is C58H112O6. The summed E-state index contributed by atoms with van der Waals surface area (Å²) in [5, 5.41) is 0. The number of esters is 3. The molecule has 0 N–H and O–H groups in total. The zero-order chi connectivity index (χ0) is 46.7. The molecule has 0 saturated heterocycles. The van der Waals surface area contributed by atoms with Gasteiger partial charge in [0, 0.05) is 19.3 Å². The van der Waals surface area contributed by atoms with E-state index in [1.807, 2.05) is 0 Å². The van der Waals surface area contributed by atoms with Gasteiger partial charge in [0.15, 0.2) is 6.10 Å². The molecule has 0 aromatic heterocycles. The van der Waals surface area contributed by atoms with Crippen molar-refractivity contribution < 1.29 is 28.6 Å². The Hall–Kier alpha value is -1.59. The van der Waals surface area contributed by atoms with Crippen molar-refractivity contribution in [2.24, 2.45) is 5.92 Å². The summed E-state index contributed by atoms with van der Waals surface area (Å²) >= 11 is 0. The standard InChI is InChI=1S/C58H112O6/c1-5-7-9-11-13-15-17-19-21-27-31-35-39-43-47-51-58(61)64-55(52-62-56(59)49-45-41-37-33-29-24-18-16-14-12-10-8-6-2)53-63-57(60)50-46-42-38-34-30-26-23-20-22-25-28-32-36-40-44-48-54(3)4/h54-55H,5-53H2,1-4H3/t55-/m0/s1. The van der Waals surface area contributed by atoms with E-state index in [0.29, 0.717) is 19.3 Å². The highest BCUT2D eigenvalue weighted by Crippen LogP contribution is 2.18. The summed E-state index contributed by atoms with van der Waals surface area (Å²) in [5.74, 6) is 0.0144. The van der Waals surface area contributed by atoms with Crippen molar-refractivity contribution in [3.05, 3.63) is 0 Å². The third kappa shape index (κ3) is 51.4. The van der Waals surface area contributed by atoms with Crippen LogP contribution in [0.25, 0.3) is 0 Å². The van der Waals surface area contributed by atoms with Gasteiger partial charge in [0.1, 0.15) is 13.2 Å². The third-order valence-electron chi connectivity index (χ3n) is 13.3. The van der Waals surface area contributed by atoms with Crippen LogP contribution in [0.15, 0.2) is 0 Å². The fraction of sp³-hybridized carbons (Fsp3) is 0.948. The lowest BCUT2D eigenvalue weighted by Crippen LogP contribution is -2.30. The van der Waals surface area contributed by atoms with Crippen LogP contribution in [-0.2, 0) is 28.6 Å². The van der Waals surface area contributed by atoms with E-state index in [1.54, 1.807) is 0 Å². The van der Waals surface area contributed by atoms with Crippen molar-refractivity contribution in [2.75, 3.05) is 13.2 Å². The molecule has 64 heavy (non-hydrogen) atoms. The molecule has 0 fully saturated rings. The largest absolute Gasteiger partial charge is 0.462 e. The summed E-state index contributed by atoms with van der Waals surface area (Å²) < 4.78 is 16.9. The first kappa shape index (κ1) is 62.4. The number of rotatable bonds is 53. The molecule has 0 aliphatic carbocycles. The molecule has 0 aliphatic heterocycles. The Bertz CT molecular complexity index is 964. The molecule has 0 bridgehead atoms. The minimum Gasteiger partial charge on any atom is -0.462 e. The predicted octanol–water partition coefficient (Wildman–Crippen LogP) is 19.0. The molecule has 0 heterocycles. The summed E-state index contributed by atoms with van der Waals surface area (Å²) in [6.07, 6.45) is 56.6. The van der Waals surface area contributed by atoms with E-state index in [4.69, 9.17) is 14.2 Å². The van der Waals surface area contributed by atoms with Crippen LogP contribution in [0.5, 0.6) is 0 Å². The molecule has 0 amide bonds. The lowest BCUT2D eigenvalue weighted by Gasteiger charge is -2.18. The van der Waals surface area contributed by atoms with Crippen LogP contribution in [-0.4, -0.2) is 37.2 Å². The zero-order valence-electron chi connectivity index (χ0n) is 43.8.